The predicted molar refractivity (Wildman–Crippen MR) is 64.4 cm³/mol. The van der Waals surface area contributed by atoms with E-state index in [2.05, 4.69) is 5.32 Å². The zero-order chi connectivity index (χ0) is 11.8. The van der Waals surface area contributed by atoms with Crippen molar-refractivity contribution in [1.82, 2.24) is 10.2 Å². The Morgan fingerprint density at radius 1 is 1.50 bits per heavy atom. The fourth-order valence-electron chi connectivity index (χ4n) is 1.98. The molecule has 4 heteroatoms. The molecule has 1 heterocycles. The maximum absolute atomic E-state index is 11.8. The molecular weight excluding hydrogens is 204 g/mol. The predicted octanol–water partition coefficient (Wildman–Crippen LogP) is 1.01. The molecule has 1 N–H and O–H groups in total. The van der Waals surface area contributed by atoms with Crippen LogP contribution >= 0.6 is 0 Å². The molecule has 94 valence electrons. The van der Waals surface area contributed by atoms with Crippen LogP contribution in [-0.4, -0.2) is 49.7 Å². The van der Waals surface area contributed by atoms with Gasteiger partial charge in [0, 0.05) is 25.7 Å². The lowest BCUT2D eigenvalue weighted by Gasteiger charge is -2.24. The van der Waals surface area contributed by atoms with Crippen LogP contribution in [-0.2, 0) is 9.53 Å². The van der Waals surface area contributed by atoms with Crippen molar-refractivity contribution in [2.75, 3.05) is 32.8 Å². The van der Waals surface area contributed by atoms with Crippen LogP contribution < -0.4 is 5.32 Å². The molecule has 0 bridgehead atoms. The van der Waals surface area contributed by atoms with Crippen LogP contribution in [0.4, 0.5) is 0 Å². The second-order valence-corrected chi connectivity index (χ2v) is 4.28. The average Bonchev–Trinajstić information content (AvgIpc) is 2.78. The Labute approximate surface area is 98.3 Å². The van der Waals surface area contributed by atoms with Gasteiger partial charge < -0.3 is 15.0 Å². The Morgan fingerprint density at radius 2 is 2.31 bits per heavy atom. The molecule has 1 amide bonds. The number of rotatable bonds is 7. The van der Waals surface area contributed by atoms with E-state index in [0.29, 0.717) is 12.6 Å². The summed E-state index contributed by atoms with van der Waals surface area (Å²) in [5.74, 6) is 0.115. The van der Waals surface area contributed by atoms with E-state index in [0.717, 1.165) is 26.1 Å². The number of hydrogen-bond acceptors (Lipinski definition) is 3. The van der Waals surface area contributed by atoms with Crippen molar-refractivity contribution in [1.29, 1.82) is 0 Å². The number of ether oxygens (including phenoxy) is 1. The van der Waals surface area contributed by atoms with Crippen molar-refractivity contribution in [3.05, 3.63) is 0 Å². The van der Waals surface area contributed by atoms with Crippen molar-refractivity contribution in [3.8, 4) is 0 Å². The van der Waals surface area contributed by atoms with Crippen LogP contribution in [0.2, 0.25) is 0 Å². The fourth-order valence-corrected chi connectivity index (χ4v) is 1.98. The zero-order valence-electron chi connectivity index (χ0n) is 10.5. The summed E-state index contributed by atoms with van der Waals surface area (Å²) in [7, 11) is 0. The number of amides is 1. The van der Waals surface area contributed by atoms with E-state index in [-0.39, 0.29) is 12.5 Å². The summed E-state index contributed by atoms with van der Waals surface area (Å²) in [6.07, 6.45) is 3.37. The van der Waals surface area contributed by atoms with Gasteiger partial charge in [0.05, 0.1) is 0 Å². The monoisotopic (exact) mass is 228 g/mol. The minimum atomic E-state index is 0.115. The highest BCUT2D eigenvalue weighted by atomic mass is 16.5. The third-order valence-electron chi connectivity index (χ3n) is 2.91. The van der Waals surface area contributed by atoms with Gasteiger partial charge >= 0.3 is 0 Å². The maximum Gasteiger partial charge on any atom is 0.248 e. The fraction of sp³-hybridized carbons (Fsp3) is 0.917. The molecule has 16 heavy (non-hydrogen) atoms. The first-order valence-electron chi connectivity index (χ1n) is 6.36. The Hall–Kier alpha value is -0.610. The Bertz CT molecular complexity index is 203. The van der Waals surface area contributed by atoms with E-state index in [1.54, 1.807) is 0 Å². The summed E-state index contributed by atoms with van der Waals surface area (Å²) in [5, 5.41) is 3.41. The summed E-state index contributed by atoms with van der Waals surface area (Å²) < 4.78 is 5.28. The summed E-state index contributed by atoms with van der Waals surface area (Å²) in [6, 6.07) is 0.482. The van der Waals surface area contributed by atoms with Gasteiger partial charge in [0.1, 0.15) is 6.61 Å². The molecule has 1 fully saturated rings. The van der Waals surface area contributed by atoms with Gasteiger partial charge in [-0.15, -0.1) is 0 Å². The van der Waals surface area contributed by atoms with Crippen LogP contribution in [0.3, 0.4) is 0 Å². The Kier molecular flexibility index (Phi) is 6.42. The van der Waals surface area contributed by atoms with E-state index in [9.17, 15) is 4.79 Å². The molecule has 0 spiro atoms. The number of carbonyl (C=O) groups excluding carboxylic acids is 1. The highest BCUT2D eigenvalue weighted by molar-refractivity contribution is 5.77. The van der Waals surface area contributed by atoms with Crippen LogP contribution in [0.1, 0.15) is 33.1 Å². The van der Waals surface area contributed by atoms with E-state index in [4.69, 9.17) is 4.74 Å². The van der Waals surface area contributed by atoms with Crippen LogP contribution in [0, 0.1) is 0 Å². The van der Waals surface area contributed by atoms with Gasteiger partial charge in [0.15, 0.2) is 0 Å². The van der Waals surface area contributed by atoms with Crippen LogP contribution in [0.5, 0.6) is 0 Å². The van der Waals surface area contributed by atoms with Crippen molar-refractivity contribution in [2.24, 2.45) is 0 Å². The Balaban J connectivity index is 2.25. The van der Waals surface area contributed by atoms with Gasteiger partial charge in [-0.1, -0.05) is 6.92 Å². The first-order chi connectivity index (χ1) is 7.77. The molecule has 0 saturated carbocycles. The van der Waals surface area contributed by atoms with Gasteiger partial charge in [-0.25, -0.2) is 0 Å². The molecule has 4 nitrogen and oxygen atoms in total. The molecule has 1 atom stereocenters. The molecule has 1 aliphatic heterocycles. The average molecular weight is 228 g/mol. The zero-order valence-corrected chi connectivity index (χ0v) is 10.5. The summed E-state index contributed by atoms with van der Waals surface area (Å²) >= 11 is 0. The van der Waals surface area contributed by atoms with Gasteiger partial charge in [0.25, 0.3) is 0 Å². The highest BCUT2D eigenvalue weighted by Gasteiger charge is 2.20. The van der Waals surface area contributed by atoms with Crippen LogP contribution in [0.25, 0.3) is 0 Å². The molecule has 0 radical (unpaired) electrons. The minimum absolute atomic E-state index is 0.115. The standard InChI is InChI=1S/C12H24N2O2/c1-3-8-16-10-12(15)14(4-2)9-11-6-5-7-13-11/h11,13H,3-10H2,1-2H3. The van der Waals surface area contributed by atoms with E-state index in [1.165, 1.54) is 12.8 Å². The smallest absolute Gasteiger partial charge is 0.248 e. The molecule has 0 aromatic heterocycles. The molecule has 1 saturated heterocycles. The first-order valence-corrected chi connectivity index (χ1v) is 6.36. The van der Waals surface area contributed by atoms with E-state index in [1.807, 2.05) is 18.7 Å². The molecular formula is C12H24N2O2. The minimum Gasteiger partial charge on any atom is -0.372 e. The topological polar surface area (TPSA) is 41.6 Å². The lowest BCUT2D eigenvalue weighted by molar-refractivity contribution is -0.136. The van der Waals surface area contributed by atoms with Gasteiger partial charge in [0.2, 0.25) is 5.91 Å². The normalized spacial score (nSPS) is 20.0. The van der Waals surface area contributed by atoms with Gasteiger partial charge in [-0.05, 0) is 32.7 Å². The lowest BCUT2D eigenvalue weighted by Crippen LogP contribution is -2.42. The molecule has 0 aromatic carbocycles. The molecule has 0 aromatic rings. The van der Waals surface area contributed by atoms with E-state index < -0.39 is 0 Å². The number of likely N-dealkylation sites (N-methyl/N-ethyl adjacent to an activating group) is 1. The number of hydrogen-bond donors (Lipinski definition) is 1. The van der Waals surface area contributed by atoms with Crippen molar-refractivity contribution >= 4 is 5.91 Å². The molecule has 1 unspecified atom stereocenters. The maximum atomic E-state index is 11.8. The Morgan fingerprint density at radius 3 is 2.88 bits per heavy atom. The van der Waals surface area contributed by atoms with Crippen molar-refractivity contribution in [3.63, 3.8) is 0 Å². The highest BCUT2D eigenvalue weighted by Crippen LogP contribution is 2.07. The number of carbonyl (C=O) groups is 1. The number of nitrogens with one attached hydrogen (secondary N) is 1. The van der Waals surface area contributed by atoms with E-state index >= 15 is 0 Å². The lowest BCUT2D eigenvalue weighted by atomic mass is 10.2. The third kappa shape index (κ3) is 4.49. The number of nitrogens with zero attached hydrogens (tertiary/aromatic N) is 1. The van der Waals surface area contributed by atoms with Crippen molar-refractivity contribution < 1.29 is 9.53 Å². The second kappa shape index (κ2) is 7.63. The van der Waals surface area contributed by atoms with Gasteiger partial charge in [-0.2, -0.15) is 0 Å². The second-order valence-electron chi connectivity index (χ2n) is 4.28. The first kappa shape index (κ1) is 13.5. The molecule has 1 rings (SSSR count). The largest absolute Gasteiger partial charge is 0.372 e. The van der Waals surface area contributed by atoms with Crippen molar-refractivity contribution in [2.45, 2.75) is 39.2 Å². The van der Waals surface area contributed by atoms with Crippen LogP contribution in [0.15, 0.2) is 0 Å². The SMILES string of the molecule is CCCOCC(=O)N(CC)CC1CCCN1. The molecule has 1 aliphatic rings. The summed E-state index contributed by atoms with van der Waals surface area (Å²) in [4.78, 5) is 13.7. The third-order valence-corrected chi connectivity index (χ3v) is 2.91. The quantitative estimate of drug-likeness (QED) is 0.661. The summed E-state index contributed by atoms with van der Waals surface area (Å²) in [6.45, 7) is 7.65. The summed E-state index contributed by atoms with van der Waals surface area (Å²) in [5.41, 5.74) is 0. The van der Waals surface area contributed by atoms with Gasteiger partial charge in [-0.3, -0.25) is 4.79 Å². The molecule has 0 aliphatic carbocycles.